The van der Waals surface area contributed by atoms with Crippen LogP contribution in [0.15, 0.2) is 35.2 Å². The van der Waals surface area contributed by atoms with E-state index in [1.807, 2.05) is 38.1 Å². The van der Waals surface area contributed by atoms with Crippen molar-refractivity contribution in [2.45, 2.75) is 38.6 Å². The van der Waals surface area contributed by atoms with Crippen molar-refractivity contribution in [2.75, 3.05) is 33.3 Å². The van der Waals surface area contributed by atoms with Crippen LogP contribution in [0.2, 0.25) is 0 Å². The van der Waals surface area contributed by atoms with Crippen molar-refractivity contribution in [3.05, 3.63) is 47.3 Å². The van der Waals surface area contributed by atoms with E-state index in [0.29, 0.717) is 30.2 Å². The smallest absolute Gasteiger partial charge is 0.246 e. The number of para-hydroxylation sites is 1. The summed E-state index contributed by atoms with van der Waals surface area (Å²) in [7, 11) is -2.09. The lowest BCUT2D eigenvalue weighted by atomic mass is 10.2. The van der Waals surface area contributed by atoms with Crippen LogP contribution in [0.25, 0.3) is 6.08 Å². The molecule has 2 heterocycles. The summed E-state index contributed by atoms with van der Waals surface area (Å²) in [6.07, 6.45) is 3.22. The second kappa shape index (κ2) is 9.23. The summed E-state index contributed by atoms with van der Waals surface area (Å²) < 4.78 is 35.0. The Balaban J connectivity index is 1.69. The van der Waals surface area contributed by atoms with Gasteiger partial charge in [0.2, 0.25) is 15.9 Å². The number of aryl methyl sites for hydroxylation is 1. The van der Waals surface area contributed by atoms with Crippen LogP contribution in [-0.4, -0.2) is 66.6 Å². The summed E-state index contributed by atoms with van der Waals surface area (Å²) in [5.41, 5.74) is 1.96. The highest BCUT2D eigenvalue weighted by Gasteiger charge is 2.34. The number of hydrogen-bond acceptors (Lipinski definition) is 5. The highest BCUT2D eigenvalue weighted by molar-refractivity contribution is 7.89. The third-order valence-electron chi connectivity index (χ3n) is 5.44. The quantitative estimate of drug-likeness (QED) is 0.637. The molecule has 1 amide bonds. The minimum atomic E-state index is -3.67. The summed E-state index contributed by atoms with van der Waals surface area (Å²) in [5.74, 6) is 0.540. The highest BCUT2D eigenvalue weighted by Crippen LogP contribution is 2.26. The fourth-order valence-electron chi connectivity index (χ4n) is 3.87. The molecule has 1 aliphatic rings. The second-order valence-corrected chi connectivity index (χ2v) is 9.72. The molecule has 1 fully saturated rings. The molecule has 0 aliphatic carbocycles. The average Bonchev–Trinajstić information content (AvgIpc) is 3.07. The van der Waals surface area contributed by atoms with Gasteiger partial charge in [-0.1, -0.05) is 18.2 Å². The lowest BCUT2D eigenvalue weighted by Crippen LogP contribution is -2.50. The third kappa shape index (κ3) is 4.67. The monoisotopic (exact) mass is 446 g/mol. The highest BCUT2D eigenvalue weighted by atomic mass is 32.2. The van der Waals surface area contributed by atoms with E-state index in [1.54, 1.807) is 36.6 Å². The normalized spacial score (nSPS) is 15.7. The average molecular weight is 447 g/mol. The van der Waals surface area contributed by atoms with Gasteiger partial charge in [-0.15, -0.1) is 0 Å². The standard InChI is InChI=1S/C22H30N4O4S/c1-16(2)26-18(4)22(17(3)23-26)31(28,29)25-14-12-24(13-15-25)21(27)11-10-19-8-6-7-9-20(19)30-5/h6-11,16H,12-15H2,1-5H3. The number of hydrogen-bond donors (Lipinski definition) is 0. The number of sulfonamides is 1. The minimum Gasteiger partial charge on any atom is -0.496 e. The first-order valence-corrected chi connectivity index (χ1v) is 11.8. The summed E-state index contributed by atoms with van der Waals surface area (Å²) >= 11 is 0. The molecule has 1 aromatic heterocycles. The van der Waals surface area contributed by atoms with Crippen molar-refractivity contribution in [1.82, 2.24) is 19.0 Å². The molecule has 0 N–H and O–H groups in total. The summed E-state index contributed by atoms with van der Waals surface area (Å²) in [6.45, 7) is 8.63. The maximum absolute atomic E-state index is 13.3. The van der Waals surface area contributed by atoms with E-state index >= 15 is 0 Å². The van der Waals surface area contributed by atoms with E-state index in [9.17, 15) is 13.2 Å². The van der Waals surface area contributed by atoms with Crippen LogP contribution in [-0.2, 0) is 14.8 Å². The first-order valence-electron chi connectivity index (χ1n) is 10.3. The van der Waals surface area contributed by atoms with E-state index in [0.717, 1.165) is 5.56 Å². The maximum atomic E-state index is 13.3. The molecule has 1 aromatic carbocycles. The molecular weight excluding hydrogens is 416 g/mol. The molecule has 1 saturated heterocycles. The van der Waals surface area contributed by atoms with E-state index in [-0.39, 0.29) is 29.9 Å². The van der Waals surface area contributed by atoms with Crippen molar-refractivity contribution in [3.8, 4) is 5.75 Å². The lowest BCUT2D eigenvalue weighted by Gasteiger charge is -2.33. The fraction of sp³-hybridized carbons (Fsp3) is 0.455. The molecule has 0 bridgehead atoms. The van der Waals surface area contributed by atoms with Crippen molar-refractivity contribution < 1.29 is 17.9 Å². The third-order valence-corrected chi connectivity index (χ3v) is 7.59. The number of methoxy groups -OCH3 is 1. The molecule has 3 rings (SSSR count). The van der Waals surface area contributed by atoms with Crippen LogP contribution >= 0.6 is 0 Å². The zero-order chi connectivity index (χ0) is 22.8. The van der Waals surface area contributed by atoms with Gasteiger partial charge in [0.05, 0.1) is 18.5 Å². The van der Waals surface area contributed by atoms with Crippen molar-refractivity contribution in [1.29, 1.82) is 0 Å². The van der Waals surface area contributed by atoms with Gasteiger partial charge in [-0.3, -0.25) is 9.48 Å². The molecule has 1 aliphatic heterocycles. The van der Waals surface area contributed by atoms with Crippen LogP contribution in [0.3, 0.4) is 0 Å². The van der Waals surface area contributed by atoms with Crippen molar-refractivity contribution >= 4 is 22.0 Å². The Morgan fingerprint density at radius 3 is 2.35 bits per heavy atom. The number of ether oxygens (including phenoxy) is 1. The number of carbonyl (C=O) groups is 1. The Kier molecular flexibility index (Phi) is 6.86. The number of nitrogens with zero attached hydrogens (tertiary/aromatic N) is 4. The van der Waals surface area contributed by atoms with Gasteiger partial charge in [0, 0.05) is 43.9 Å². The van der Waals surface area contributed by atoms with Crippen molar-refractivity contribution in [3.63, 3.8) is 0 Å². The zero-order valence-electron chi connectivity index (χ0n) is 18.7. The topological polar surface area (TPSA) is 84.7 Å². The Labute approximate surface area is 184 Å². The maximum Gasteiger partial charge on any atom is 0.246 e. The molecule has 0 unspecified atom stereocenters. The largest absolute Gasteiger partial charge is 0.496 e. The number of piperazine rings is 1. The Morgan fingerprint density at radius 2 is 1.77 bits per heavy atom. The zero-order valence-corrected chi connectivity index (χ0v) is 19.5. The second-order valence-electron chi connectivity index (χ2n) is 7.84. The van der Waals surface area contributed by atoms with Crippen LogP contribution in [0.4, 0.5) is 0 Å². The lowest BCUT2D eigenvalue weighted by molar-refractivity contribution is -0.127. The Morgan fingerprint density at radius 1 is 1.13 bits per heavy atom. The van der Waals surface area contributed by atoms with Gasteiger partial charge < -0.3 is 9.64 Å². The molecule has 0 atom stereocenters. The number of benzene rings is 1. The molecule has 0 saturated carbocycles. The number of rotatable bonds is 6. The summed E-state index contributed by atoms with van der Waals surface area (Å²) in [6, 6.07) is 7.52. The number of carbonyl (C=O) groups excluding carboxylic acids is 1. The van der Waals surface area contributed by atoms with Gasteiger partial charge in [0.25, 0.3) is 0 Å². The van der Waals surface area contributed by atoms with Crippen LogP contribution < -0.4 is 4.74 Å². The minimum absolute atomic E-state index is 0.0761. The van der Waals surface area contributed by atoms with Crippen LogP contribution in [0, 0.1) is 13.8 Å². The fourth-order valence-corrected chi connectivity index (χ4v) is 5.66. The molecule has 2 aromatic rings. The summed E-state index contributed by atoms with van der Waals surface area (Å²) in [4.78, 5) is 14.5. The van der Waals surface area contributed by atoms with E-state index in [1.165, 1.54) is 10.4 Å². The first-order chi connectivity index (χ1) is 14.7. The van der Waals surface area contributed by atoms with Gasteiger partial charge in [-0.05, 0) is 39.8 Å². The first kappa shape index (κ1) is 23.0. The Bertz CT molecular complexity index is 1080. The van der Waals surface area contributed by atoms with Gasteiger partial charge >= 0.3 is 0 Å². The van der Waals surface area contributed by atoms with Crippen LogP contribution in [0.5, 0.6) is 5.75 Å². The predicted molar refractivity (Wildman–Crippen MR) is 119 cm³/mol. The Hall–Kier alpha value is -2.65. The molecule has 9 heteroatoms. The molecule has 168 valence electrons. The molecule has 31 heavy (non-hydrogen) atoms. The molecule has 8 nitrogen and oxygen atoms in total. The van der Waals surface area contributed by atoms with Gasteiger partial charge in [0.15, 0.2) is 0 Å². The summed E-state index contributed by atoms with van der Waals surface area (Å²) in [5, 5.41) is 4.41. The van der Waals surface area contributed by atoms with Gasteiger partial charge in [0.1, 0.15) is 10.6 Å². The van der Waals surface area contributed by atoms with E-state index in [4.69, 9.17) is 4.74 Å². The predicted octanol–water partition coefficient (Wildman–Crippen LogP) is 2.64. The number of amides is 1. The van der Waals surface area contributed by atoms with Gasteiger partial charge in [-0.2, -0.15) is 9.40 Å². The van der Waals surface area contributed by atoms with E-state index < -0.39 is 10.0 Å². The number of aromatic nitrogens is 2. The molecular formula is C22H30N4O4S. The molecule has 0 radical (unpaired) electrons. The molecule has 0 spiro atoms. The SMILES string of the molecule is COc1ccccc1C=CC(=O)N1CCN(S(=O)(=O)c2c(C)nn(C(C)C)c2C)CC1. The van der Waals surface area contributed by atoms with Gasteiger partial charge in [-0.25, -0.2) is 8.42 Å². The van der Waals surface area contributed by atoms with E-state index in [2.05, 4.69) is 5.10 Å². The van der Waals surface area contributed by atoms with Crippen LogP contribution in [0.1, 0.15) is 36.8 Å². The van der Waals surface area contributed by atoms with Crippen molar-refractivity contribution in [2.24, 2.45) is 0 Å².